The number of rotatable bonds is 6. The van der Waals surface area contributed by atoms with Crippen molar-refractivity contribution in [3.63, 3.8) is 0 Å². The maximum absolute atomic E-state index is 12.2. The maximum Gasteiger partial charge on any atom is 0.230 e. The molecule has 2 rings (SSSR count). The van der Waals surface area contributed by atoms with Crippen LogP contribution in [-0.4, -0.2) is 17.6 Å². The van der Waals surface area contributed by atoms with E-state index in [1.165, 1.54) is 29.8 Å². The highest BCUT2D eigenvalue weighted by Gasteiger charge is 2.12. The van der Waals surface area contributed by atoms with Gasteiger partial charge in [-0.25, -0.2) is 0 Å². The number of hydrogen-bond donors (Lipinski definition) is 2. The van der Waals surface area contributed by atoms with E-state index in [-0.39, 0.29) is 17.9 Å². The van der Waals surface area contributed by atoms with Crippen LogP contribution in [0.4, 0.5) is 5.69 Å². The van der Waals surface area contributed by atoms with E-state index in [0.717, 1.165) is 16.1 Å². The van der Waals surface area contributed by atoms with Crippen LogP contribution in [0.2, 0.25) is 0 Å². The monoisotopic (exact) mass is 356 g/mol. The topological polar surface area (TPSA) is 58.2 Å². The fraction of sp³-hybridized carbons (Fsp3) is 0.300. The van der Waals surface area contributed by atoms with Gasteiger partial charge in [-0.1, -0.05) is 23.8 Å². The van der Waals surface area contributed by atoms with E-state index in [9.17, 15) is 9.59 Å². The molecule has 0 aliphatic heterocycles. The Labute approximate surface area is 153 Å². The van der Waals surface area contributed by atoms with Gasteiger partial charge in [-0.3, -0.25) is 9.59 Å². The number of aryl methyl sites for hydroxylation is 2. The fourth-order valence-electron chi connectivity index (χ4n) is 2.57. The zero-order valence-corrected chi connectivity index (χ0v) is 15.9. The van der Waals surface area contributed by atoms with E-state index in [2.05, 4.69) is 42.7 Å². The van der Waals surface area contributed by atoms with E-state index in [1.807, 2.05) is 31.2 Å². The molecule has 2 aromatic carbocycles. The molecule has 0 aliphatic rings. The summed E-state index contributed by atoms with van der Waals surface area (Å²) in [6.07, 6.45) is 0. The highest BCUT2D eigenvalue weighted by atomic mass is 32.2. The molecule has 0 aromatic heterocycles. The van der Waals surface area contributed by atoms with Gasteiger partial charge in [-0.05, 0) is 56.2 Å². The second-order valence-corrected chi connectivity index (χ2v) is 7.19. The first-order valence-electron chi connectivity index (χ1n) is 8.22. The second kappa shape index (κ2) is 8.72. The van der Waals surface area contributed by atoms with Gasteiger partial charge in [0.05, 0.1) is 11.8 Å². The Bertz CT molecular complexity index is 757. The number of benzene rings is 2. The van der Waals surface area contributed by atoms with E-state index in [4.69, 9.17) is 0 Å². The zero-order chi connectivity index (χ0) is 18.4. The van der Waals surface area contributed by atoms with Crippen LogP contribution in [0.1, 0.15) is 36.6 Å². The highest BCUT2D eigenvalue weighted by Crippen LogP contribution is 2.22. The molecule has 1 atom stereocenters. The summed E-state index contributed by atoms with van der Waals surface area (Å²) >= 11 is 1.48. The third-order valence-electron chi connectivity index (χ3n) is 3.82. The molecule has 2 amide bonds. The lowest BCUT2D eigenvalue weighted by atomic mass is 10.00. The SMILES string of the molecule is CC(=O)Nc1ccc(SCC(=O)N[C@H](C)c2cc(C)ccc2C)cc1. The molecule has 25 heavy (non-hydrogen) atoms. The molecule has 0 heterocycles. The zero-order valence-electron chi connectivity index (χ0n) is 15.1. The summed E-state index contributed by atoms with van der Waals surface area (Å²) in [5, 5.41) is 5.78. The summed E-state index contributed by atoms with van der Waals surface area (Å²) in [5.74, 6) is 0.263. The molecule has 2 N–H and O–H groups in total. The minimum atomic E-state index is -0.0970. The summed E-state index contributed by atoms with van der Waals surface area (Å²) in [7, 11) is 0. The maximum atomic E-state index is 12.2. The van der Waals surface area contributed by atoms with Crippen molar-refractivity contribution >= 4 is 29.3 Å². The van der Waals surface area contributed by atoms with Crippen molar-refractivity contribution in [3.05, 3.63) is 59.2 Å². The number of thioether (sulfide) groups is 1. The Hall–Kier alpha value is -2.27. The van der Waals surface area contributed by atoms with Crippen molar-refractivity contribution in [1.82, 2.24) is 5.32 Å². The first-order valence-corrected chi connectivity index (χ1v) is 9.20. The second-order valence-electron chi connectivity index (χ2n) is 6.14. The summed E-state index contributed by atoms with van der Waals surface area (Å²) in [5.41, 5.74) is 4.28. The minimum Gasteiger partial charge on any atom is -0.349 e. The summed E-state index contributed by atoms with van der Waals surface area (Å²) < 4.78 is 0. The Morgan fingerprint density at radius 3 is 2.40 bits per heavy atom. The lowest BCUT2D eigenvalue weighted by Crippen LogP contribution is -2.28. The van der Waals surface area contributed by atoms with E-state index in [1.54, 1.807) is 0 Å². The third kappa shape index (κ3) is 5.94. The Morgan fingerprint density at radius 2 is 1.76 bits per heavy atom. The summed E-state index contributed by atoms with van der Waals surface area (Å²) in [6, 6.07) is 13.7. The Morgan fingerprint density at radius 1 is 1.08 bits per heavy atom. The molecule has 0 bridgehead atoms. The first kappa shape index (κ1) is 19.1. The van der Waals surface area contributed by atoms with Gasteiger partial charge in [0.2, 0.25) is 11.8 Å². The molecule has 5 heteroatoms. The number of amides is 2. The quantitative estimate of drug-likeness (QED) is 0.762. The first-order chi connectivity index (χ1) is 11.8. The van der Waals surface area contributed by atoms with Crippen molar-refractivity contribution in [3.8, 4) is 0 Å². The number of carbonyl (C=O) groups is 2. The van der Waals surface area contributed by atoms with Crippen LogP contribution in [0, 0.1) is 13.8 Å². The van der Waals surface area contributed by atoms with Crippen LogP contribution in [0.25, 0.3) is 0 Å². The van der Waals surface area contributed by atoms with Gasteiger partial charge in [-0.15, -0.1) is 11.8 Å². The van der Waals surface area contributed by atoms with Crippen molar-refractivity contribution < 1.29 is 9.59 Å². The minimum absolute atomic E-state index is 0.00402. The number of anilines is 1. The van der Waals surface area contributed by atoms with Crippen LogP contribution >= 0.6 is 11.8 Å². The van der Waals surface area contributed by atoms with Gasteiger partial charge >= 0.3 is 0 Å². The van der Waals surface area contributed by atoms with Crippen LogP contribution in [0.5, 0.6) is 0 Å². The van der Waals surface area contributed by atoms with Crippen molar-refractivity contribution in [2.45, 2.75) is 38.6 Å². The average Bonchev–Trinajstić information content (AvgIpc) is 2.56. The molecular weight excluding hydrogens is 332 g/mol. The van der Waals surface area contributed by atoms with Crippen LogP contribution in [0.15, 0.2) is 47.4 Å². The third-order valence-corrected chi connectivity index (χ3v) is 4.84. The van der Waals surface area contributed by atoms with Crippen LogP contribution < -0.4 is 10.6 Å². The predicted molar refractivity (Wildman–Crippen MR) is 104 cm³/mol. The molecule has 0 aliphatic carbocycles. The van der Waals surface area contributed by atoms with Gasteiger partial charge in [-0.2, -0.15) is 0 Å². The van der Waals surface area contributed by atoms with Gasteiger partial charge < -0.3 is 10.6 Å². The van der Waals surface area contributed by atoms with Crippen LogP contribution in [-0.2, 0) is 9.59 Å². The number of nitrogens with one attached hydrogen (secondary N) is 2. The van der Waals surface area contributed by atoms with Crippen molar-refractivity contribution in [2.24, 2.45) is 0 Å². The molecule has 4 nitrogen and oxygen atoms in total. The van der Waals surface area contributed by atoms with E-state index >= 15 is 0 Å². The standard InChI is InChI=1S/C20H24N2O2S/c1-13-5-6-14(2)19(11-13)15(3)21-20(24)12-25-18-9-7-17(8-10-18)22-16(4)23/h5-11,15H,12H2,1-4H3,(H,21,24)(H,22,23)/t15-/m1/s1. The Balaban J connectivity index is 1.87. The van der Waals surface area contributed by atoms with Crippen LogP contribution in [0.3, 0.4) is 0 Å². The summed E-state index contributed by atoms with van der Waals surface area (Å²) in [4.78, 5) is 24.2. The molecule has 2 aromatic rings. The number of carbonyl (C=O) groups excluding carboxylic acids is 2. The Kier molecular flexibility index (Phi) is 6.65. The molecular formula is C20H24N2O2S. The normalized spacial score (nSPS) is 11.7. The summed E-state index contributed by atoms with van der Waals surface area (Å²) in [6.45, 7) is 7.59. The van der Waals surface area contributed by atoms with Gasteiger partial charge in [0.15, 0.2) is 0 Å². The predicted octanol–water partition coefficient (Wildman–Crippen LogP) is 4.23. The molecule has 132 valence electrons. The highest BCUT2D eigenvalue weighted by molar-refractivity contribution is 8.00. The largest absolute Gasteiger partial charge is 0.349 e. The molecule has 0 fully saturated rings. The average molecular weight is 356 g/mol. The van der Waals surface area contributed by atoms with Crippen molar-refractivity contribution in [2.75, 3.05) is 11.1 Å². The molecule has 0 spiro atoms. The fourth-order valence-corrected chi connectivity index (χ4v) is 3.28. The smallest absolute Gasteiger partial charge is 0.230 e. The van der Waals surface area contributed by atoms with Gasteiger partial charge in [0.25, 0.3) is 0 Å². The molecule has 0 saturated heterocycles. The molecule has 0 radical (unpaired) electrons. The molecule has 0 unspecified atom stereocenters. The van der Waals surface area contributed by atoms with E-state index in [0.29, 0.717) is 5.75 Å². The lowest BCUT2D eigenvalue weighted by Gasteiger charge is -2.17. The lowest BCUT2D eigenvalue weighted by molar-refractivity contribution is -0.119. The van der Waals surface area contributed by atoms with E-state index < -0.39 is 0 Å². The number of hydrogen-bond acceptors (Lipinski definition) is 3. The van der Waals surface area contributed by atoms with Gasteiger partial charge in [0, 0.05) is 17.5 Å². The van der Waals surface area contributed by atoms with Crippen molar-refractivity contribution in [1.29, 1.82) is 0 Å². The van der Waals surface area contributed by atoms with Gasteiger partial charge in [0.1, 0.15) is 0 Å². The molecule has 0 saturated carbocycles.